The molecule has 1 N–H and O–H groups in total. The molecular weight excluding hydrogens is 518 g/mol. The Balaban J connectivity index is 1.61. The topological polar surface area (TPSA) is 120 Å². The maximum atomic E-state index is 14.6. The summed E-state index contributed by atoms with van der Waals surface area (Å²) in [6.07, 6.45) is 3.20. The van der Waals surface area contributed by atoms with Crippen LogP contribution >= 0.6 is 0 Å². The first-order chi connectivity index (χ1) is 20.1. The van der Waals surface area contributed by atoms with Crippen LogP contribution in [0.3, 0.4) is 0 Å². The summed E-state index contributed by atoms with van der Waals surface area (Å²) in [7, 11) is 0. The summed E-state index contributed by atoms with van der Waals surface area (Å²) in [5.74, 6) is 1.01. The maximum Gasteiger partial charge on any atom is 0.255 e. The number of aliphatic hydroxyl groups excluding tert-OH is 1. The lowest BCUT2D eigenvalue weighted by atomic mass is 9.80. The van der Waals surface area contributed by atoms with Crippen molar-refractivity contribution in [1.29, 1.82) is 0 Å². The van der Waals surface area contributed by atoms with Gasteiger partial charge in [-0.3, -0.25) is 4.79 Å². The van der Waals surface area contributed by atoms with Crippen molar-refractivity contribution >= 4 is 11.8 Å². The van der Waals surface area contributed by atoms with Crippen molar-refractivity contribution in [3.05, 3.63) is 112 Å². The Kier molecular flexibility index (Phi) is 9.19. The highest BCUT2D eigenvalue weighted by atomic mass is 16.5. The van der Waals surface area contributed by atoms with E-state index in [-0.39, 0.29) is 19.1 Å². The molecule has 0 unspecified atom stereocenters. The van der Waals surface area contributed by atoms with Gasteiger partial charge in [0.05, 0.1) is 13.2 Å². The van der Waals surface area contributed by atoms with Gasteiger partial charge in [0, 0.05) is 43.0 Å². The number of nitrogens with zero attached hydrogens (tertiary/aromatic N) is 5. The van der Waals surface area contributed by atoms with E-state index >= 15 is 0 Å². The van der Waals surface area contributed by atoms with E-state index in [1.165, 1.54) is 0 Å². The third-order valence-electron chi connectivity index (χ3n) is 7.61. The van der Waals surface area contributed by atoms with Gasteiger partial charge < -0.3 is 19.5 Å². The van der Waals surface area contributed by atoms with Gasteiger partial charge in [-0.25, -0.2) is 4.99 Å². The van der Waals surface area contributed by atoms with Crippen molar-refractivity contribution in [2.45, 2.75) is 50.3 Å². The van der Waals surface area contributed by atoms with Crippen LogP contribution in [-0.4, -0.2) is 53.7 Å². The number of aliphatic hydroxyl groups is 1. The number of amides is 1. The molecule has 0 saturated carbocycles. The van der Waals surface area contributed by atoms with Gasteiger partial charge in [-0.1, -0.05) is 59.7 Å². The molecule has 2 atom stereocenters. The zero-order valence-electron chi connectivity index (χ0n) is 23.1. The minimum absolute atomic E-state index is 0.0522. The Hall–Kier alpha value is -4.33. The van der Waals surface area contributed by atoms with Crippen LogP contribution in [0.1, 0.15) is 54.0 Å². The number of piperidine rings is 1. The van der Waals surface area contributed by atoms with Crippen LogP contribution in [-0.2, 0) is 22.5 Å². The summed E-state index contributed by atoms with van der Waals surface area (Å²) >= 11 is 0. The summed E-state index contributed by atoms with van der Waals surface area (Å²) in [6.45, 7) is 2.00. The standard InChI is InChI=1S/C32H35N5O4/c33-36-34-23-26-12-5-6-13-28(26)29-32(22-24-10-3-1-4-11-24,31(39)37-18-7-2-8-19-37)35-30(41-29)25-14-16-27(17-15-25)40-21-9-20-38/h1,3-6,10-17,29,38H,2,7-9,18-23H2/t29-,32-/m0/s1. The Morgan fingerprint density at radius 2 is 1.78 bits per heavy atom. The fourth-order valence-electron chi connectivity index (χ4n) is 5.56. The predicted octanol–water partition coefficient (Wildman–Crippen LogP) is 5.77. The van der Waals surface area contributed by atoms with Crippen LogP contribution in [0, 0.1) is 0 Å². The zero-order valence-corrected chi connectivity index (χ0v) is 23.1. The first kappa shape index (κ1) is 28.2. The van der Waals surface area contributed by atoms with Crippen molar-refractivity contribution in [2.75, 3.05) is 26.3 Å². The highest BCUT2D eigenvalue weighted by molar-refractivity contribution is 6.01. The van der Waals surface area contributed by atoms with Gasteiger partial charge in [0.1, 0.15) is 5.75 Å². The largest absolute Gasteiger partial charge is 0.494 e. The van der Waals surface area contributed by atoms with E-state index in [0.717, 1.165) is 41.5 Å². The summed E-state index contributed by atoms with van der Waals surface area (Å²) in [4.78, 5) is 24.7. The van der Waals surface area contributed by atoms with E-state index in [1.54, 1.807) is 0 Å². The van der Waals surface area contributed by atoms with Gasteiger partial charge in [0.25, 0.3) is 5.91 Å². The molecule has 3 aromatic rings. The SMILES string of the molecule is [N-]=[N+]=NCc1ccccc1[C@@H]1OC(c2ccc(OCCCO)cc2)=N[C@]1(Cc1ccccc1)C(=O)N1CCCCC1. The second-order valence-corrected chi connectivity index (χ2v) is 10.4. The third kappa shape index (κ3) is 6.37. The Bertz CT molecular complexity index is 1400. The Morgan fingerprint density at radius 1 is 1.05 bits per heavy atom. The van der Waals surface area contributed by atoms with Gasteiger partial charge in [0.2, 0.25) is 5.90 Å². The lowest BCUT2D eigenvalue weighted by Gasteiger charge is -2.37. The summed E-state index contributed by atoms with van der Waals surface area (Å²) in [5.41, 5.74) is 11.1. The third-order valence-corrected chi connectivity index (χ3v) is 7.61. The van der Waals surface area contributed by atoms with Gasteiger partial charge in [0.15, 0.2) is 11.6 Å². The molecule has 0 aliphatic carbocycles. The van der Waals surface area contributed by atoms with Crippen LogP contribution in [0.15, 0.2) is 89.0 Å². The van der Waals surface area contributed by atoms with Crippen LogP contribution in [0.2, 0.25) is 0 Å². The predicted molar refractivity (Wildman–Crippen MR) is 157 cm³/mol. The molecule has 5 rings (SSSR count). The minimum atomic E-state index is -1.25. The molecule has 0 aromatic heterocycles. The van der Waals surface area contributed by atoms with E-state index in [9.17, 15) is 4.79 Å². The number of hydrogen-bond acceptors (Lipinski definition) is 6. The lowest BCUT2D eigenvalue weighted by molar-refractivity contribution is -0.140. The van der Waals surface area contributed by atoms with Crippen LogP contribution in [0.25, 0.3) is 10.4 Å². The molecule has 212 valence electrons. The van der Waals surface area contributed by atoms with Crippen LogP contribution < -0.4 is 4.74 Å². The number of aliphatic imine (C=N–C) groups is 1. The molecule has 1 amide bonds. The van der Waals surface area contributed by atoms with Crippen LogP contribution in [0.4, 0.5) is 0 Å². The van der Waals surface area contributed by atoms with Gasteiger partial charge >= 0.3 is 0 Å². The molecule has 2 heterocycles. The van der Waals surface area contributed by atoms with Crippen molar-refractivity contribution in [2.24, 2.45) is 10.1 Å². The smallest absolute Gasteiger partial charge is 0.255 e. The normalized spacial score (nSPS) is 20.1. The fraction of sp³-hybridized carbons (Fsp3) is 0.375. The molecule has 3 aromatic carbocycles. The van der Waals surface area contributed by atoms with E-state index in [0.29, 0.717) is 44.2 Å². The molecule has 1 fully saturated rings. The molecular formula is C32H35N5O4. The van der Waals surface area contributed by atoms with Gasteiger partial charge in [-0.15, -0.1) is 0 Å². The van der Waals surface area contributed by atoms with E-state index in [2.05, 4.69) is 10.0 Å². The number of benzene rings is 3. The summed E-state index contributed by atoms with van der Waals surface area (Å²) in [6, 6.07) is 25.0. The van der Waals surface area contributed by atoms with E-state index < -0.39 is 11.6 Å². The van der Waals surface area contributed by atoms with Gasteiger partial charge in [-0.05, 0) is 65.7 Å². The van der Waals surface area contributed by atoms with Crippen molar-refractivity contribution in [3.63, 3.8) is 0 Å². The number of likely N-dealkylation sites (tertiary alicyclic amines) is 1. The second kappa shape index (κ2) is 13.4. The van der Waals surface area contributed by atoms with Crippen molar-refractivity contribution in [3.8, 4) is 5.75 Å². The fourth-order valence-corrected chi connectivity index (χ4v) is 5.56. The van der Waals surface area contributed by atoms with Crippen molar-refractivity contribution in [1.82, 2.24) is 4.90 Å². The number of carbonyl (C=O) groups is 1. The molecule has 0 bridgehead atoms. The molecule has 2 aliphatic rings. The average Bonchev–Trinajstić information content (AvgIpc) is 3.41. The number of ether oxygens (including phenoxy) is 2. The zero-order chi connectivity index (χ0) is 28.5. The van der Waals surface area contributed by atoms with Crippen molar-refractivity contribution < 1.29 is 19.4 Å². The Labute approximate surface area is 240 Å². The molecule has 2 aliphatic heterocycles. The van der Waals surface area contributed by atoms with Gasteiger partial charge in [-0.2, -0.15) is 0 Å². The quantitative estimate of drug-likeness (QED) is 0.140. The first-order valence-electron chi connectivity index (χ1n) is 14.2. The average molecular weight is 554 g/mol. The van der Waals surface area contributed by atoms with E-state index in [4.69, 9.17) is 25.1 Å². The number of carbonyl (C=O) groups excluding carboxylic acids is 1. The monoisotopic (exact) mass is 553 g/mol. The Morgan fingerprint density at radius 3 is 2.51 bits per heavy atom. The summed E-state index contributed by atoms with van der Waals surface area (Å²) in [5, 5.41) is 12.9. The minimum Gasteiger partial charge on any atom is -0.494 e. The first-order valence-corrected chi connectivity index (χ1v) is 14.2. The lowest BCUT2D eigenvalue weighted by Crippen LogP contribution is -2.53. The number of rotatable bonds is 11. The summed E-state index contributed by atoms with van der Waals surface area (Å²) < 4.78 is 12.4. The van der Waals surface area contributed by atoms with E-state index in [1.807, 2.05) is 83.8 Å². The molecule has 41 heavy (non-hydrogen) atoms. The molecule has 1 saturated heterocycles. The molecule has 9 heteroatoms. The highest BCUT2D eigenvalue weighted by Crippen LogP contribution is 2.45. The molecule has 0 radical (unpaired) electrons. The van der Waals surface area contributed by atoms with Crippen LogP contribution in [0.5, 0.6) is 5.75 Å². The second-order valence-electron chi connectivity index (χ2n) is 10.4. The molecule has 9 nitrogen and oxygen atoms in total. The molecule has 0 spiro atoms. The maximum absolute atomic E-state index is 14.6. The number of azide groups is 1. The number of hydrogen-bond donors (Lipinski definition) is 1. The highest BCUT2D eigenvalue weighted by Gasteiger charge is 2.55.